The predicted octanol–water partition coefficient (Wildman–Crippen LogP) is 4.43. The largest absolute Gasteiger partial charge is 0.506 e. The molecule has 0 bridgehead atoms. The molecule has 172 valence electrons. The van der Waals surface area contributed by atoms with Crippen LogP contribution in [0.15, 0.2) is 76.7 Å². The number of carbonyl (C=O) groups is 1. The minimum absolute atomic E-state index is 0.0286. The molecule has 0 radical (unpaired) electrons. The van der Waals surface area contributed by atoms with Crippen molar-refractivity contribution >= 4 is 29.5 Å². The molecule has 34 heavy (non-hydrogen) atoms. The van der Waals surface area contributed by atoms with Crippen LogP contribution in [0.5, 0.6) is 11.5 Å². The number of nitrogens with zero attached hydrogens (tertiary/aromatic N) is 3. The Bertz CT molecular complexity index is 1280. The fourth-order valence-corrected chi connectivity index (χ4v) is 4.81. The Kier molecular flexibility index (Phi) is 5.53. The van der Waals surface area contributed by atoms with Gasteiger partial charge in [0.15, 0.2) is 5.84 Å². The van der Waals surface area contributed by atoms with Gasteiger partial charge in [0, 0.05) is 5.56 Å². The van der Waals surface area contributed by atoms with E-state index in [9.17, 15) is 9.90 Å². The van der Waals surface area contributed by atoms with Gasteiger partial charge < -0.3 is 20.5 Å². The third kappa shape index (κ3) is 3.59. The van der Waals surface area contributed by atoms with Gasteiger partial charge in [0.25, 0.3) is 0 Å². The standard InChI is InChI=1S/C27H26N4O3/c1-34-21-10-8-18(9-11-21)16-31-24-22(27(26(31)33)12-5-13-27)14-19(15-23(24)32)25(29-17-28)30-20-6-3-2-4-7-20/h2-4,6-11,14-15,17,32H,5,12-13,16H2,1H3,(H2,28,29,30). The number of para-hydroxylation sites is 1. The van der Waals surface area contributed by atoms with Crippen molar-refractivity contribution in [3.8, 4) is 11.5 Å². The molecule has 7 heteroatoms. The van der Waals surface area contributed by atoms with Crippen LogP contribution in [0.4, 0.5) is 11.4 Å². The molecule has 0 aromatic heterocycles. The monoisotopic (exact) mass is 454 g/mol. The van der Waals surface area contributed by atoms with E-state index in [4.69, 9.17) is 10.5 Å². The van der Waals surface area contributed by atoms with Crippen LogP contribution < -0.4 is 15.4 Å². The number of amides is 1. The molecule has 1 heterocycles. The van der Waals surface area contributed by atoms with E-state index in [2.05, 4.69) is 9.98 Å². The molecule has 2 aliphatic rings. The van der Waals surface area contributed by atoms with Gasteiger partial charge in [0.1, 0.15) is 11.5 Å². The summed E-state index contributed by atoms with van der Waals surface area (Å²) >= 11 is 0. The van der Waals surface area contributed by atoms with Crippen molar-refractivity contribution < 1.29 is 14.6 Å². The van der Waals surface area contributed by atoms with Crippen LogP contribution in [0.25, 0.3) is 0 Å². The Morgan fingerprint density at radius 2 is 1.88 bits per heavy atom. The number of phenols is 1. The maximum atomic E-state index is 13.7. The van der Waals surface area contributed by atoms with Crippen LogP contribution in [0.3, 0.4) is 0 Å². The molecule has 3 N–H and O–H groups in total. The first-order valence-corrected chi connectivity index (χ1v) is 11.3. The number of aliphatic imine (C=N–C) groups is 2. The van der Waals surface area contributed by atoms with E-state index in [0.29, 0.717) is 23.6 Å². The topological polar surface area (TPSA) is 101 Å². The average Bonchev–Trinajstić information content (AvgIpc) is 3.08. The Balaban J connectivity index is 1.58. The summed E-state index contributed by atoms with van der Waals surface area (Å²) in [6.07, 6.45) is 3.67. The van der Waals surface area contributed by atoms with Crippen LogP contribution in [0, 0.1) is 0 Å². The van der Waals surface area contributed by atoms with Crippen LogP contribution >= 0.6 is 0 Å². The van der Waals surface area contributed by atoms with E-state index < -0.39 is 5.41 Å². The molecule has 1 amide bonds. The zero-order valence-electron chi connectivity index (χ0n) is 18.9. The number of carbonyl (C=O) groups excluding carboxylic acids is 1. The summed E-state index contributed by atoms with van der Waals surface area (Å²) in [7, 11) is 1.62. The Labute approximate surface area is 198 Å². The van der Waals surface area contributed by atoms with E-state index >= 15 is 0 Å². The number of methoxy groups -OCH3 is 1. The lowest BCUT2D eigenvalue weighted by Crippen LogP contribution is -2.44. The first-order chi connectivity index (χ1) is 16.6. The van der Waals surface area contributed by atoms with Crippen molar-refractivity contribution in [3.05, 3.63) is 83.4 Å². The zero-order chi connectivity index (χ0) is 23.7. The highest BCUT2D eigenvalue weighted by molar-refractivity contribution is 6.12. The number of hydrogen-bond acceptors (Lipinski definition) is 4. The lowest BCUT2D eigenvalue weighted by atomic mass is 9.65. The van der Waals surface area contributed by atoms with Crippen molar-refractivity contribution in [1.82, 2.24) is 0 Å². The van der Waals surface area contributed by atoms with E-state index in [-0.39, 0.29) is 11.7 Å². The third-order valence-electron chi connectivity index (χ3n) is 6.68. The number of rotatable bonds is 5. The molecule has 5 rings (SSSR count). The molecule has 0 unspecified atom stereocenters. The number of benzene rings is 3. The Hall–Kier alpha value is -4.13. The summed E-state index contributed by atoms with van der Waals surface area (Å²) in [4.78, 5) is 24.2. The molecule has 0 atom stereocenters. The number of amidine groups is 1. The quantitative estimate of drug-likeness (QED) is 0.440. The molecule has 1 fully saturated rings. The maximum Gasteiger partial charge on any atom is 0.238 e. The molecule has 0 saturated heterocycles. The fraction of sp³-hybridized carbons (Fsp3) is 0.222. The van der Waals surface area contributed by atoms with E-state index in [1.807, 2.05) is 60.7 Å². The zero-order valence-corrected chi connectivity index (χ0v) is 18.9. The molecular formula is C27H26N4O3. The molecular weight excluding hydrogens is 428 g/mol. The molecule has 1 saturated carbocycles. The Morgan fingerprint density at radius 1 is 1.15 bits per heavy atom. The Morgan fingerprint density at radius 3 is 2.50 bits per heavy atom. The number of phenolic OH excluding ortho intramolecular Hbond substituents is 1. The van der Waals surface area contributed by atoms with Gasteiger partial charge in [-0.05, 0) is 60.4 Å². The van der Waals surface area contributed by atoms with Gasteiger partial charge >= 0.3 is 0 Å². The first kappa shape index (κ1) is 21.7. The maximum absolute atomic E-state index is 13.7. The molecule has 7 nitrogen and oxygen atoms in total. The second kappa shape index (κ2) is 8.67. The molecule has 1 aliphatic carbocycles. The molecule has 3 aromatic carbocycles. The van der Waals surface area contributed by atoms with Crippen LogP contribution in [0.1, 0.15) is 36.0 Å². The minimum atomic E-state index is -0.612. The van der Waals surface area contributed by atoms with Crippen molar-refractivity contribution in [2.75, 3.05) is 12.0 Å². The van der Waals surface area contributed by atoms with Gasteiger partial charge in [-0.15, -0.1) is 0 Å². The van der Waals surface area contributed by atoms with Crippen molar-refractivity contribution in [2.24, 2.45) is 15.7 Å². The number of anilines is 1. The fourth-order valence-electron chi connectivity index (χ4n) is 4.81. The highest BCUT2D eigenvalue weighted by atomic mass is 16.5. The highest BCUT2D eigenvalue weighted by Gasteiger charge is 2.55. The number of nitrogens with two attached hydrogens (primary N) is 1. The van der Waals surface area contributed by atoms with Crippen molar-refractivity contribution in [1.29, 1.82) is 0 Å². The second-order valence-corrected chi connectivity index (χ2v) is 8.62. The summed E-state index contributed by atoms with van der Waals surface area (Å²) in [5.74, 6) is 1.19. The summed E-state index contributed by atoms with van der Waals surface area (Å²) in [6, 6.07) is 20.6. The second-order valence-electron chi connectivity index (χ2n) is 8.62. The normalized spacial score (nSPS) is 16.7. The number of aromatic hydroxyl groups is 1. The van der Waals surface area contributed by atoms with E-state index in [0.717, 1.165) is 41.8 Å². The predicted molar refractivity (Wildman–Crippen MR) is 133 cm³/mol. The van der Waals surface area contributed by atoms with Crippen molar-refractivity contribution in [3.63, 3.8) is 0 Å². The summed E-state index contributed by atoms with van der Waals surface area (Å²) in [6.45, 7) is 0.371. The molecule has 1 aliphatic heterocycles. The minimum Gasteiger partial charge on any atom is -0.506 e. The van der Waals surface area contributed by atoms with Gasteiger partial charge in [-0.3, -0.25) is 4.79 Å². The summed E-state index contributed by atoms with van der Waals surface area (Å²) in [5.41, 5.74) is 8.69. The van der Waals surface area contributed by atoms with Gasteiger partial charge in [0.05, 0.1) is 36.8 Å². The average molecular weight is 455 g/mol. The summed E-state index contributed by atoms with van der Waals surface area (Å²) < 4.78 is 5.24. The van der Waals surface area contributed by atoms with Crippen LogP contribution in [0.2, 0.25) is 0 Å². The lowest BCUT2D eigenvalue weighted by Gasteiger charge is -2.37. The number of hydrogen-bond donors (Lipinski definition) is 2. The van der Waals surface area contributed by atoms with Crippen LogP contribution in [-0.4, -0.2) is 30.3 Å². The lowest BCUT2D eigenvalue weighted by molar-refractivity contribution is -0.126. The van der Waals surface area contributed by atoms with E-state index in [1.54, 1.807) is 18.1 Å². The number of fused-ring (bicyclic) bond motifs is 2. The SMILES string of the molecule is COc1ccc(CN2C(=O)C3(CCC3)c3cc(C(N=CN)=Nc4ccccc4)cc(O)c32)cc1. The van der Waals surface area contributed by atoms with Gasteiger partial charge in [0.2, 0.25) is 5.91 Å². The highest BCUT2D eigenvalue weighted by Crippen LogP contribution is 2.56. The van der Waals surface area contributed by atoms with Gasteiger partial charge in [-0.1, -0.05) is 36.8 Å². The molecule has 3 aromatic rings. The first-order valence-electron chi connectivity index (χ1n) is 11.3. The smallest absolute Gasteiger partial charge is 0.238 e. The van der Waals surface area contributed by atoms with Gasteiger partial charge in [-0.2, -0.15) is 0 Å². The third-order valence-corrected chi connectivity index (χ3v) is 6.68. The number of ether oxygens (including phenoxy) is 1. The molecule has 1 spiro atoms. The van der Waals surface area contributed by atoms with E-state index in [1.165, 1.54) is 6.34 Å². The van der Waals surface area contributed by atoms with Crippen molar-refractivity contribution in [2.45, 2.75) is 31.2 Å². The van der Waals surface area contributed by atoms with Gasteiger partial charge in [-0.25, -0.2) is 9.98 Å². The summed E-state index contributed by atoms with van der Waals surface area (Å²) in [5, 5.41) is 11.1. The van der Waals surface area contributed by atoms with Crippen LogP contribution in [-0.2, 0) is 16.8 Å².